The van der Waals surface area contributed by atoms with E-state index in [-0.39, 0.29) is 44.1 Å². The summed E-state index contributed by atoms with van der Waals surface area (Å²) in [6.45, 7) is -0.451. The van der Waals surface area contributed by atoms with E-state index in [1.54, 1.807) is 0 Å². The number of hydrogen-bond acceptors (Lipinski definition) is 4. The summed E-state index contributed by atoms with van der Waals surface area (Å²) in [7, 11) is -5.36. The van der Waals surface area contributed by atoms with E-state index < -0.39 is 32.8 Å². The van der Waals surface area contributed by atoms with Crippen molar-refractivity contribution in [2.24, 2.45) is 5.92 Å². The summed E-state index contributed by atoms with van der Waals surface area (Å²) < 4.78 is 99.4. The molecule has 1 aromatic rings. The van der Waals surface area contributed by atoms with Gasteiger partial charge in [0.25, 0.3) is 0 Å². The molecule has 150 valence electrons. The van der Waals surface area contributed by atoms with Crippen molar-refractivity contribution >= 4 is 15.7 Å². The molecule has 1 N–H and O–H groups in total. The van der Waals surface area contributed by atoms with Gasteiger partial charge in [0.05, 0.1) is 17.2 Å². The normalized spacial score (nSPS) is 17.5. The van der Waals surface area contributed by atoms with Crippen LogP contribution in [0.2, 0.25) is 0 Å². The monoisotopic (exact) mass is 415 g/mol. The van der Waals surface area contributed by atoms with Crippen LogP contribution in [0.4, 0.5) is 32.0 Å². The maximum absolute atomic E-state index is 12.9. The zero-order chi connectivity index (χ0) is 20.5. The summed E-state index contributed by atoms with van der Waals surface area (Å²) in [5.41, 5.74) is -6.83. The highest BCUT2D eigenvalue weighted by Crippen LogP contribution is 2.34. The van der Waals surface area contributed by atoms with E-state index in [1.807, 2.05) is 0 Å². The van der Waals surface area contributed by atoms with Gasteiger partial charge in [-0.25, -0.2) is 8.42 Å². The summed E-state index contributed by atoms with van der Waals surface area (Å²) in [5.74, 6) is -0.199. The van der Waals surface area contributed by atoms with Crippen LogP contribution in [-0.4, -0.2) is 37.9 Å². The summed E-state index contributed by atoms with van der Waals surface area (Å²) >= 11 is 0. The predicted molar refractivity (Wildman–Crippen MR) is 83.9 cm³/mol. The Bertz CT molecular complexity index is 821. The van der Waals surface area contributed by atoms with Gasteiger partial charge in [-0.1, -0.05) is 0 Å². The average molecular weight is 415 g/mol. The van der Waals surface area contributed by atoms with E-state index in [0.717, 1.165) is 12.1 Å². The molecule has 27 heavy (non-hydrogen) atoms. The Morgan fingerprint density at radius 1 is 1.15 bits per heavy atom. The van der Waals surface area contributed by atoms with Gasteiger partial charge < -0.3 is 5.32 Å². The van der Waals surface area contributed by atoms with Gasteiger partial charge in [-0.15, -0.1) is 0 Å². The summed E-state index contributed by atoms with van der Waals surface area (Å²) in [5, 5.41) is 11.5. The van der Waals surface area contributed by atoms with Crippen molar-refractivity contribution in [3.63, 3.8) is 0 Å². The van der Waals surface area contributed by atoms with E-state index >= 15 is 0 Å². The predicted octanol–water partition coefficient (Wildman–Crippen LogP) is 3.55. The average Bonchev–Trinajstić information content (AvgIpc) is 2.58. The number of anilines is 1. The van der Waals surface area contributed by atoms with Crippen molar-refractivity contribution < 1.29 is 34.8 Å². The SMILES string of the molecule is N#Cc1ccc(NCC2CCN(S(=O)(=O)C(F)(F)F)CC2)cc1C(F)(F)F. The first-order chi connectivity index (χ1) is 12.4. The number of nitriles is 1. The fourth-order valence-electron chi connectivity index (χ4n) is 2.75. The maximum atomic E-state index is 12.9. The highest BCUT2D eigenvalue weighted by atomic mass is 32.2. The molecule has 1 aromatic carbocycles. The molecule has 2 rings (SSSR count). The van der Waals surface area contributed by atoms with E-state index in [4.69, 9.17) is 5.26 Å². The van der Waals surface area contributed by atoms with Gasteiger partial charge in [0, 0.05) is 25.3 Å². The second kappa shape index (κ2) is 7.55. The lowest BCUT2D eigenvalue weighted by Gasteiger charge is -2.31. The smallest absolute Gasteiger partial charge is 0.385 e. The molecule has 1 heterocycles. The molecule has 1 saturated heterocycles. The largest absolute Gasteiger partial charge is 0.511 e. The van der Waals surface area contributed by atoms with Crippen molar-refractivity contribution in [3.8, 4) is 6.07 Å². The van der Waals surface area contributed by atoms with Crippen LogP contribution >= 0.6 is 0 Å². The molecule has 0 amide bonds. The summed E-state index contributed by atoms with van der Waals surface area (Å²) in [4.78, 5) is 0. The van der Waals surface area contributed by atoms with Crippen molar-refractivity contribution in [1.82, 2.24) is 4.31 Å². The first-order valence-electron chi connectivity index (χ1n) is 7.78. The first kappa shape index (κ1) is 21.3. The quantitative estimate of drug-likeness (QED) is 0.764. The topological polar surface area (TPSA) is 73.2 Å². The molecule has 0 atom stereocenters. The third-order valence-electron chi connectivity index (χ3n) is 4.25. The Morgan fingerprint density at radius 3 is 2.22 bits per heavy atom. The summed E-state index contributed by atoms with van der Waals surface area (Å²) in [6.07, 6.45) is -4.41. The molecule has 0 bridgehead atoms. The van der Waals surface area contributed by atoms with E-state index in [0.29, 0.717) is 4.31 Å². The minimum Gasteiger partial charge on any atom is -0.385 e. The second-order valence-electron chi connectivity index (χ2n) is 6.04. The van der Waals surface area contributed by atoms with Crippen molar-refractivity contribution in [3.05, 3.63) is 29.3 Å². The van der Waals surface area contributed by atoms with Gasteiger partial charge in [-0.2, -0.15) is 35.9 Å². The molecular formula is C15H15F6N3O2S. The third kappa shape index (κ3) is 4.84. The van der Waals surface area contributed by atoms with Gasteiger partial charge in [0.2, 0.25) is 0 Å². The van der Waals surface area contributed by atoms with Crippen molar-refractivity contribution in [1.29, 1.82) is 5.26 Å². The third-order valence-corrected chi connectivity index (χ3v) is 5.88. The number of alkyl halides is 6. The van der Waals surface area contributed by atoms with Crippen LogP contribution in [0.5, 0.6) is 0 Å². The van der Waals surface area contributed by atoms with Crippen LogP contribution in [-0.2, 0) is 16.2 Å². The van der Waals surface area contributed by atoms with E-state index in [9.17, 15) is 34.8 Å². The molecule has 1 fully saturated rings. The zero-order valence-electron chi connectivity index (χ0n) is 13.7. The van der Waals surface area contributed by atoms with Crippen LogP contribution in [0.25, 0.3) is 0 Å². The lowest BCUT2D eigenvalue weighted by molar-refractivity contribution is -0.137. The number of nitrogens with one attached hydrogen (secondary N) is 1. The number of rotatable bonds is 4. The fraction of sp³-hybridized carbons (Fsp3) is 0.533. The Hall–Kier alpha value is -2.00. The van der Waals surface area contributed by atoms with Crippen molar-refractivity contribution in [2.75, 3.05) is 25.0 Å². The van der Waals surface area contributed by atoms with Gasteiger partial charge >= 0.3 is 21.7 Å². The number of nitrogens with zero attached hydrogens (tertiary/aromatic N) is 2. The van der Waals surface area contributed by atoms with Crippen LogP contribution < -0.4 is 5.32 Å². The van der Waals surface area contributed by atoms with Gasteiger partial charge in [0.1, 0.15) is 0 Å². The Labute approximate surface area is 151 Å². The van der Waals surface area contributed by atoms with Gasteiger partial charge in [-0.3, -0.25) is 0 Å². The Morgan fingerprint density at radius 2 is 1.74 bits per heavy atom. The van der Waals surface area contributed by atoms with Crippen LogP contribution in [0.1, 0.15) is 24.0 Å². The minimum absolute atomic E-state index is 0.117. The van der Waals surface area contributed by atoms with Gasteiger partial charge in [-0.05, 0) is 37.0 Å². The zero-order valence-corrected chi connectivity index (χ0v) is 14.5. The molecule has 0 unspecified atom stereocenters. The second-order valence-corrected chi connectivity index (χ2v) is 7.97. The van der Waals surface area contributed by atoms with Crippen LogP contribution in [0.15, 0.2) is 18.2 Å². The molecule has 0 spiro atoms. The lowest BCUT2D eigenvalue weighted by atomic mass is 9.98. The lowest BCUT2D eigenvalue weighted by Crippen LogP contribution is -2.45. The number of halogens is 6. The molecule has 0 radical (unpaired) electrons. The molecule has 1 aliphatic heterocycles. The van der Waals surface area contributed by atoms with Crippen molar-refractivity contribution in [2.45, 2.75) is 24.5 Å². The highest BCUT2D eigenvalue weighted by molar-refractivity contribution is 7.90. The maximum Gasteiger partial charge on any atom is 0.511 e. The molecule has 5 nitrogen and oxygen atoms in total. The fourth-order valence-corrected chi connectivity index (χ4v) is 3.73. The molecule has 0 aromatic heterocycles. The highest BCUT2D eigenvalue weighted by Gasteiger charge is 2.50. The molecule has 0 aliphatic carbocycles. The number of hydrogen-bond donors (Lipinski definition) is 1. The first-order valence-corrected chi connectivity index (χ1v) is 9.22. The van der Waals surface area contributed by atoms with Crippen LogP contribution in [0.3, 0.4) is 0 Å². The minimum atomic E-state index is -5.36. The number of benzene rings is 1. The molecule has 1 aliphatic rings. The standard InChI is InChI=1S/C15H15F6N3O2S/c16-14(17,18)13-7-12(2-1-11(13)8-22)23-9-10-3-5-24(6-4-10)27(25,26)15(19,20)21/h1-2,7,10,23H,3-6,9H2. The summed E-state index contributed by atoms with van der Waals surface area (Å²) in [6, 6.07) is 4.59. The van der Waals surface area contributed by atoms with E-state index in [1.165, 1.54) is 12.1 Å². The molecule has 12 heteroatoms. The van der Waals surface area contributed by atoms with Crippen LogP contribution in [0, 0.1) is 17.2 Å². The van der Waals surface area contributed by atoms with E-state index in [2.05, 4.69) is 5.32 Å². The van der Waals surface area contributed by atoms with Gasteiger partial charge in [0.15, 0.2) is 0 Å². The number of sulfonamides is 1. The number of piperidine rings is 1. The molecular weight excluding hydrogens is 400 g/mol. The molecule has 0 saturated carbocycles. The Balaban J connectivity index is 1.97. The Kier molecular flexibility index (Phi) is 5.96.